The lowest BCUT2D eigenvalue weighted by Crippen LogP contribution is -2.52. The first-order chi connectivity index (χ1) is 12.2. The van der Waals surface area contributed by atoms with Crippen LogP contribution in [0.5, 0.6) is 0 Å². The van der Waals surface area contributed by atoms with E-state index in [-0.39, 0.29) is 31.2 Å². The number of carbonyl (C=O) groups excluding carboxylic acids is 4. The molecule has 2 aliphatic rings. The average molecular weight is 359 g/mol. The summed E-state index contributed by atoms with van der Waals surface area (Å²) < 4.78 is 0. The molecule has 2 N–H and O–H groups in total. The highest BCUT2D eigenvalue weighted by atomic mass is 16.7. The van der Waals surface area contributed by atoms with Crippen molar-refractivity contribution >= 4 is 23.6 Å². The van der Waals surface area contributed by atoms with Crippen LogP contribution in [0.15, 0.2) is 18.2 Å². The number of fused-ring (bicyclic) bond motifs is 1. The zero-order chi connectivity index (χ0) is 19.1. The summed E-state index contributed by atoms with van der Waals surface area (Å²) in [6.07, 6.45) is 0.461. The molecule has 4 amide bonds. The first-order valence-corrected chi connectivity index (χ1v) is 8.42. The monoisotopic (exact) mass is 359 g/mol. The highest BCUT2D eigenvalue weighted by Crippen LogP contribution is 2.29. The normalized spacial score (nSPS) is 20.0. The summed E-state index contributed by atoms with van der Waals surface area (Å²) in [5, 5.41) is 2.26. The molecule has 0 saturated carbocycles. The summed E-state index contributed by atoms with van der Waals surface area (Å²) in [5.41, 5.74) is 3.12. The lowest BCUT2D eigenvalue weighted by atomic mass is 10.0. The molecule has 1 saturated heterocycles. The van der Waals surface area contributed by atoms with Gasteiger partial charge in [-0.3, -0.25) is 29.3 Å². The van der Waals surface area contributed by atoms with Gasteiger partial charge in [-0.2, -0.15) is 0 Å². The van der Waals surface area contributed by atoms with Crippen LogP contribution >= 0.6 is 0 Å². The van der Waals surface area contributed by atoms with Crippen molar-refractivity contribution in [2.24, 2.45) is 0 Å². The number of imide groups is 1. The van der Waals surface area contributed by atoms with Gasteiger partial charge in [0.25, 0.3) is 11.8 Å². The van der Waals surface area contributed by atoms with Crippen molar-refractivity contribution in [1.29, 1.82) is 0 Å². The smallest absolute Gasteiger partial charge is 0.275 e. The van der Waals surface area contributed by atoms with E-state index < -0.39 is 23.5 Å². The van der Waals surface area contributed by atoms with Gasteiger partial charge in [0, 0.05) is 24.1 Å². The fourth-order valence-electron chi connectivity index (χ4n) is 3.05. The standard InChI is InChI=1S/C18H21N3O5/c1-18(2,3)26-20-15(23)10-5-4-6-11-12(10)9-21(17(11)25)13-7-8-14(22)19-16(13)24/h4-6,13H,7-9H2,1-3H3,(H,20,23)(H,19,22,24). The van der Waals surface area contributed by atoms with Crippen LogP contribution in [0.25, 0.3) is 0 Å². The van der Waals surface area contributed by atoms with Crippen molar-refractivity contribution < 1.29 is 24.0 Å². The van der Waals surface area contributed by atoms with Crippen molar-refractivity contribution in [2.75, 3.05) is 0 Å². The van der Waals surface area contributed by atoms with E-state index in [9.17, 15) is 19.2 Å². The van der Waals surface area contributed by atoms with Gasteiger partial charge in [0.05, 0.1) is 5.60 Å². The number of benzene rings is 1. The van der Waals surface area contributed by atoms with E-state index in [0.29, 0.717) is 16.7 Å². The lowest BCUT2D eigenvalue weighted by molar-refractivity contribution is -0.136. The fraction of sp³-hybridized carbons (Fsp3) is 0.444. The Morgan fingerprint density at radius 2 is 2.00 bits per heavy atom. The number of hydrogen-bond donors (Lipinski definition) is 2. The van der Waals surface area contributed by atoms with Crippen LogP contribution in [0.3, 0.4) is 0 Å². The molecular formula is C18H21N3O5. The molecule has 0 radical (unpaired) electrons. The average Bonchev–Trinajstić information content (AvgIpc) is 2.89. The summed E-state index contributed by atoms with van der Waals surface area (Å²) in [7, 11) is 0. The van der Waals surface area contributed by atoms with Gasteiger partial charge >= 0.3 is 0 Å². The highest BCUT2D eigenvalue weighted by molar-refractivity contribution is 6.07. The van der Waals surface area contributed by atoms with Gasteiger partial charge in [-0.05, 0) is 44.9 Å². The van der Waals surface area contributed by atoms with Crippen LogP contribution in [0.2, 0.25) is 0 Å². The molecule has 0 bridgehead atoms. The predicted octanol–water partition coefficient (Wildman–Crippen LogP) is 0.907. The highest BCUT2D eigenvalue weighted by Gasteiger charge is 2.40. The molecular weight excluding hydrogens is 338 g/mol. The molecule has 1 unspecified atom stereocenters. The third-order valence-corrected chi connectivity index (χ3v) is 4.28. The van der Waals surface area contributed by atoms with Crippen molar-refractivity contribution in [2.45, 2.75) is 51.8 Å². The van der Waals surface area contributed by atoms with Gasteiger partial charge in [0.15, 0.2) is 0 Å². The SMILES string of the molecule is CC(C)(C)ONC(=O)c1cccc2c1CN(C1CCC(=O)NC1=O)C2=O. The Bertz CT molecular complexity index is 797. The van der Waals surface area contributed by atoms with Crippen LogP contribution in [0.4, 0.5) is 0 Å². The van der Waals surface area contributed by atoms with Crippen molar-refractivity contribution in [3.8, 4) is 0 Å². The van der Waals surface area contributed by atoms with E-state index in [1.54, 1.807) is 39.0 Å². The van der Waals surface area contributed by atoms with E-state index in [2.05, 4.69) is 10.8 Å². The Labute approximate surface area is 150 Å². The number of rotatable bonds is 3. The second kappa shape index (κ2) is 6.53. The predicted molar refractivity (Wildman–Crippen MR) is 90.8 cm³/mol. The van der Waals surface area contributed by atoms with E-state index in [0.717, 1.165) is 0 Å². The topological polar surface area (TPSA) is 105 Å². The van der Waals surface area contributed by atoms with Crippen LogP contribution < -0.4 is 10.8 Å². The summed E-state index contributed by atoms with van der Waals surface area (Å²) in [6.45, 7) is 5.55. The van der Waals surface area contributed by atoms with Gasteiger partial charge in [-0.1, -0.05) is 6.07 Å². The number of hydrogen-bond acceptors (Lipinski definition) is 5. The molecule has 1 aromatic carbocycles. The second-order valence-corrected chi connectivity index (χ2v) is 7.38. The first kappa shape index (κ1) is 18.1. The molecule has 26 heavy (non-hydrogen) atoms. The largest absolute Gasteiger partial charge is 0.322 e. The molecule has 2 aliphatic heterocycles. The maximum atomic E-state index is 12.7. The Balaban J connectivity index is 1.83. The van der Waals surface area contributed by atoms with Gasteiger partial charge in [-0.15, -0.1) is 0 Å². The number of carbonyl (C=O) groups is 4. The summed E-state index contributed by atoms with van der Waals surface area (Å²) in [4.78, 5) is 55.3. The molecule has 8 heteroatoms. The second-order valence-electron chi connectivity index (χ2n) is 7.38. The minimum absolute atomic E-state index is 0.138. The lowest BCUT2D eigenvalue weighted by Gasteiger charge is -2.29. The zero-order valence-electron chi connectivity index (χ0n) is 14.9. The maximum Gasteiger partial charge on any atom is 0.275 e. The van der Waals surface area contributed by atoms with Gasteiger partial charge < -0.3 is 4.90 Å². The summed E-state index contributed by atoms with van der Waals surface area (Å²) in [6, 6.07) is 4.15. The molecule has 0 aromatic heterocycles. The molecule has 8 nitrogen and oxygen atoms in total. The summed E-state index contributed by atoms with van der Waals surface area (Å²) in [5.74, 6) is -1.59. The third-order valence-electron chi connectivity index (χ3n) is 4.28. The molecule has 1 aromatic rings. The molecule has 0 aliphatic carbocycles. The van der Waals surface area contributed by atoms with Crippen LogP contribution in [-0.2, 0) is 21.0 Å². The fourth-order valence-corrected chi connectivity index (χ4v) is 3.05. The molecule has 0 spiro atoms. The number of amides is 4. The summed E-state index contributed by atoms with van der Waals surface area (Å²) >= 11 is 0. The van der Waals surface area contributed by atoms with E-state index in [4.69, 9.17) is 4.84 Å². The molecule has 1 atom stereocenters. The van der Waals surface area contributed by atoms with E-state index in [1.807, 2.05) is 0 Å². The quantitative estimate of drug-likeness (QED) is 0.616. The number of nitrogens with one attached hydrogen (secondary N) is 2. The maximum absolute atomic E-state index is 12.7. The molecule has 138 valence electrons. The minimum Gasteiger partial charge on any atom is -0.322 e. The van der Waals surface area contributed by atoms with E-state index >= 15 is 0 Å². The van der Waals surface area contributed by atoms with Crippen molar-refractivity contribution in [3.05, 3.63) is 34.9 Å². The van der Waals surface area contributed by atoms with Crippen molar-refractivity contribution in [1.82, 2.24) is 15.7 Å². The Morgan fingerprint density at radius 1 is 1.27 bits per heavy atom. The minimum atomic E-state index is -0.714. The molecule has 1 fully saturated rings. The Morgan fingerprint density at radius 3 is 2.65 bits per heavy atom. The Hall–Kier alpha value is -2.74. The van der Waals surface area contributed by atoms with Crippen LogP contribution in [-0.4, -0.2) is 40.2 Å². The molecule has 3 rings (SSSR count). The molecule has 2 heterocycles. The van der Waals surface area contributed by atoms with Crippen LogP contribution in [0.1, 0.15) is 59.9 Å². The van der Waals surface area contributed by atoms with Gasteiger partial charge in [0.1, 0.15) is 6.04 Å². The van der Waals surface area contributed by atoms with Crippen molar-refractivity contribution in [3.63, 3.8) is 0 Å². The number of piperidine rings is 1. The number of hydroxylamine groups is 1. The third kappa shape index (κ3) is 3.45. The number of nitrogens with zero attached hydrogens (tertiary/aromatic N) is 1. The van der Waals surface area contributed by atoms with Gasteiger partial charge in [0.2, 0.25) is 11.8 Å². The first-order valence-electron chi connectivity index (χ1n) is 8.42. The van der Waals surface area contributed by atoms with Crippen LogP contribution in [0, 0.1) is 0 Å². The zero-order valence-corrected chi connectivity index (χ0v) is 14.9. The van der Waals surface area contributed by atoms with E-state index in [1.165, 1.54) is 4.90 Å². The van der Waals surface area contributed by atoms with Gasteiger partial charge in [-0.25, -0.2) is 5.48 Å². The Kier molecular flexibility index (Phi) is 4.53.